The molecule has 4 rings (SSSR count). The van der Waals surface area contributed by atoms with E-state index in [-0.39, 0.29) is 22.9 Å². The van der Waals surface area contributed by atoms with Gasteiger partial charge in [0.15, 0.2) is 0 Å². The van der Waals surface area contributed by atoms with Crippen molar-refractivity contribution in [2.24, 2.45) is 34.5 Å². The van der Waals surface area contributed by atoms with Crippen LogP contribution in [-0.2, 0) is 14.3 Å². The van der Waals surface area contributed by atoms with Crippen LogP contribution in [0.3, 0.4) is 0 Å². The summed E-state index contributed by atoms with van der Waals surface area (Å²) in [6.45, 7) is 11.0. The third kappa shape index (κ3) is 5.30. The maximum atomic E-state index is 12.7. The molecule has 0 aromatic rings. The molecule has 0 spiro atoms. The number of nitrogens with zero attached hydrogens (tertiary/aromatic N) is 1. The molecule has 0 bridgehead atoms. The Balaban J connectivity index is 1.28. The summed E-state index contributed by atoms with van der Waals surface area (Å²) in [5, 5.41) is 0. The highest BCUT2D eigenvalue weighted by atomic mass is 16.5. The van der Waals surface area contributed by atoms with Crippen molar-refractivity contribution in [1.82, 2.24) is 4.90 Å². The van der Waals surface area contributed by atoms with Gasteiger partial charge in [0.2, 0.25) is 5.91 Å². The smallest absolute Gasteiger partial charge is 0.306 e. The standard InChI is InChI=1S/C32H53NO3/c1-6-7-8-9-10-11-12-13-14-30(35)36-23(2)25-16-17-26-24-15-18-28-32(4,22-20-29(34)33(28)5)27(24)19-21-31(25,26)3/h6,23-28H,1,7-22H2,2-5H3/t23?,24-,25+,26-,27-,28+,31+,32+/m0/s1. The van der Waals surface area contributed by atoms with Crippen molar-refractivity contribution in [2.75, 3.05) is 7.05 Å². The van der Waals surface area contributed by atoms with Crippen molar-refractivity contribution in [2.45, 2.75) is 136 Å². The van der Waals surface area contributed by atoms with Gasteiger partial charge in [0, 0.05) is 31.8 Å². The molecule has 3 saturated carbocycles. The molecule has 204 valence electrons. The number of ether oxygens (including phenoxy) is 1. The molecule has 4 fully saturated rings. The maximum Gasteiger partial charge on any atom is 0.306 e. The lowest BCUT2D eigenvalue weighted by Crippen LogP contribution is -2.61. The quantitative estimate of drug-likeness (QED) is 0.166. The Hall–Kier alpha value is -1.32. The second kappa shape index (κ2) is 11.6. The maximum absolute atomic E-state index is 12.7. The Kier molecular flexibility index (Phi) is 8.93. The molecule has 1 heterocycles. The van der Waals surface area contributed by atoms with Crippen LogP contribution in [-0.4, -0.2) is 36.0 Å². The normalized spacial score (nSPS) is 38.6. The summed E-state index contributed by atoms with van der Waals surface area (Å²) >= 11 is 0. The van der Waals surface area contributed by atoms with Gasteiger partial charge in [0.1, 0.15) is 6.10 Å². The van der Waals surface area contributed by atoms with E-state index in [9.17, 15) is 9.59 Å². The number of piperidine rings is 1. The molecule has 0 N–H and O–H groups in total. The summed E-state index contributed by atoms with van der Waals surface area (Å²) in [7, 11) is 2.05. The lowest BCUT2D eigenvalue weighted by atomic mass is 9.46. The minimum Gasteiger partial charge on any atom is -0.462 e. The van der Waals surface area contributed by atoms with Gasteiger partial charge in [-0.3, -0.25) is 9.59 Å². The van der Waals surface area contributed by atoms with Crippen LogP contribution in [0.25, 0.3) is 0 Å². The Labute approximate surface area is 221 Å². The van der Waals surface area contributed by atoms with Gasteiger partial charge in [-0.15, -0.1) is 6.58 Å². The third-order valence-corrected chi connectivity index (χ3v) is 11.6. The summed E-state index contributed by atoms with van der Waals surface area (Å²) in [5.74, 6) is 3.08. The first-order valence-corrected chi connectivity index (χ1v) is 15.3. The lowest BCUT2D eigenvalue weighted by Gasteiger charge is -2.62. The van der Waals surface area contributed by atoms with E-state index in [0.29, 0.717) is 24.3 Å². The molecular weight excluding hydrogens is 446 g/mol. The second-order valence-electron chi connectivity index (χ2n) is 13.4. The summed E-state index contributed by atoms with van der Waals surface area (Å²) in [6.07, 6.45) is 20.0. The molecule has 0 aromatic carbocycles. The lowest BCUT2D eigenvalue weighted by molar-refractivity contribution is -0.164. The molecule has 0 aromatic heterocycles. The molecule has 3 aliphatic carbocycles. The number of allylic oxidation sites excluding steroid dienone is 1. The van der Waals surface area contributed by atoms with Crippen LogP contribution in [0.1, 0.15) is 124 Å². The number of rotatable bonds is 11. The van der Waals surface area contributed by atoms with Crippen molar-refractivity contribution in [3.63, 3.8) is 0 Å². The molecule has 0 radical (unpaired) electrons. The van der Waals surface area contributed by atoms with E-state index in [2.05, 4.69) is 32.3 Å². The average molecular weight is 500 g/mol. The van der Waals surface area contributed by atoms with Gasteiger partial charge in [0.05, 0.1) is 0 Å². The van der Waals surface area contributed by atoms with E-state index in [1.807, 2.05) is 13.1 Å². The monoisotopic (exact) mass is 499 g/mol. The first-order chi connectivity index (χ1) is 17.2. The van der Waals surface area contributed by atoms with Gasteiger partial charge in [-0.2, -0.15) is 0 Å². The van der Waals surface area contributed by atoms with Crippen LogP contribution in [0.5, 0.6) is 0 Å². The summed E-state index contributed by atoms with van der Waals surface area (Å²) in [4.78, 5) is 27.2. The van der Waals surface area contributed by atoms with Gasteiger partial charge in [-0.05, 0) is 99.7 Å². The van der Waals surface area contributed by atoms with Crippen molar-refractivity contribution in [3.05, 3.63) is 12.7 Å². The summed E-state index contributed by atoms with van der Waals surface area (Å²) in [6, 6.07) is 0.425. The van der Waals surface area contributed by atoms with Crippen LogP contribution in [0.15, 0.2) is 12.7 Å². The van der Waals surface area contributed by atoms with Crippen molar-refractivity contribution >= 4 is 11.9 Å². The van der Waals surface area contributed by atoms with Crippen LogP contribution in [0.4, 0.5) is 0 Å². The van der Waals surface area contributed by atoms with E-state index in [1.54, 1.807) is 0 Å². The highest BCUT2D eigenvalue weighted by Crippen LogP contribution is 2.66. The predicted molar refractivity (Wildman–Crippen MR) is 146 cm³/mol. The number of hydrogen-bond acceptors (Lipinski definition) is 3. The number of esters is 1. The molecule has 4 nitrogen and oxygen atoms in total. The zero-order valence-corrected chi connectivity index (χ0v) is 23.7. The minimum absolute atomic E-state index is 0.0119. The largest absolute Gasteiger partial charge is 0.462 e. The van der Waals surface area contributed by atoms with Crippen LogP contribution in [0.2, 0.25) is 0 Å². The van der Waals surface area contributed by atoms with Crippen LogP contribution < -0.4 is 0 Å². The fourth-order valence-corrected chi connectivity index (χ4v) is 9.58. The number of unbranched alkanes of at least 4 members (excludes halogenated alkanes) is 6. The Bertz CT molecular complexity index is 794. The zero-order chi connectivity index (χ0) is 25.9. The van der Waals surface area contributed by atoms with Gasteiger partial charge < -0.3 is 9.64 Å². The summed E-state index contributed by atoms with van der Waals surface area (Å²) in [5.41, 5.74) is 0.556. The Morgan fingerprint density at radius 2 is 1.69 bits per heavy atom. The van der Waals surface area contributed by atoms with Crippen molar-refractivity contribution in [3.8, 4) is 0 Å². The highest BCUT2D eigenvalue weighted by Gasteiger charge is 2.61. The molecule has 4 heteroatoms. The second-order valence-corrected chi connectivity index (χ2v) is 13.4. The number of likely N-dealkylation sites (tertiary alicyclic amines) is 1. The fraction of sp³-hybridized carbons (Fsp3) is 0.875. The highest BCUT2D eigenvalue weighted by molar-refractivity contribution is 5.77. The molecule has 4 aliphatic rings. The zero-order valence-electron chi connectivity index (χ0n) is 23.7. The first-order valence-electron chi connectivity index (χ1n) is 15.3. The average Bonchev–Trinajstić information content (AvgIpc) is 3.21. The molecule has 1 saturated heterocycles. The fourth-order valence-electron chi connectivity index (χ4n) is 9.58. The van der Waals surface area contributed by atoms with E-state index >= 15 is 0 Å². The van der Waals surface area contributed by atoms with E-state index in [4.69, 9.17) is 4.74 Å². The number of hydrogen-bond donors (Lipinski definition) is 0. The number of carbonyl (C=O) groups excluding carboxylic acids is 2. The van der Waals surface area contributed by atoms with Gasteiger partial charge >= 0.3 is 5.97 Å². The van der Waals surface area contributed by atoms with E-state index < -0.39 is 0 Å². The van der Waals surface area contributed by atoms with E-state index in [0.717, 1.165) is 56.3 Å². The van der Waals surface area contributed by atoms with Crippen molar-refractivity contribution < 1.29 is 14.3 Å². The first kappa shape index (κ1) is 27.7. The number of amides is 1. The number of carbonyl (C=O) groups is 2. The van der Waals surface area contributed by atoms with Gasteiger partial charge in [-0.25, -0.2) is 0 Å². The molecule has 36 heavy (non-hydrogen) atoms. The third-order valence-electron chi connectivity index (χ3n) is 11.6. The topological polar surface area (TPSA) is 46.6 Å². The molecule has 8 atom stereocenters. The van der Waals surface area contributed by atoms with Crippen LogP contribution >= 0.6 is 0 Å². The van der Waals surface area contributed by atoms with Gasteiger partial charge in [0.25, 0.3) is 0 Å². The predicted octanol–water partition coefficient (Wildman–Crippen LogP) is 7.70. The molecule has 1 amide bonds. The van der Waals surface area contributed by atoms with Crippen LogP contribution in [0, 0.1) is 34.5 Å². The SMILES string of the molecule is C=CCCCCCCCCC(=O)OC(C)[C@H]1CC[C@H]2[C@@H]3CC[C@H]4N(C)C(=O)CC[C@]4(C)[C@H]3CC[C@]12C. The number of fused-ring (bicyclic) bond motifs is 5. The molecule has 1 unspecified atom stereocenters. The van der Waals surface area contributed by atoms with Crippen molar-refractivity contribution in [1.29, 1.82) is 0 Å². The Morgan fingerprint density at radius 3 is 2.44 bits per heavy atom. The minimum atomic E-state index is 0.0119. The molecular formula is C32H53NO3. The van der Waals surface area contributed by atoms with E-state index in [1.165, 1.54) is 57.8 Å². The molecule has 1 aliphatic heterocycles. The Morgan fingerprint density at radius 1 is 1.00 bits per heavy atom. The summed E-state index contributed by atoms with van der Waals surface area (Å²) < 4.78 is 6.08. The van der Waals surface area contributed by atoms with Gasteiger partial charge in [-0.1, -0.05) is 45.6 Å².